The molecule has 3 atom stereocenters. The molecule has 5 heteroatoms. The van der Waals surface area contributed by atoms with Crippen molar-refractivity contribution in [3.8, 4) is 0 Å². The molecular weight excluding hydrogens is 242 g/mol. The minimum Gasteiger partial charge on any atom is -0.394 e. The van der Waals surface area contributed by atoms with Gasteiger partial charge in [-0.25, -0.2) is 0 Å². The van der Waals surface area contributed by atoms with Gasteiger partial charge in [-0.1, -0.05) is 13.3 Å². The van der Waals surface area contributed by atoms with Gasteiger partial charge in [-0.3, -0.25) is 4.99 Å². The summed E-state index contributed by atoms with van der Waals surface area (Å²) in [6.07, 6.45) is 3.65. The molecule has 0 aliphatic carbocycles. The zero-order chi connectivity index (χ0) is 14.3. The molecule has 1 aliphatic rings. The Morgan fingerprint density at radius 1 is 1.47 bits per heavy atom. The smallest absolute Gasteiger partial charge is 0.0810 e. The number of aliphatic imine (C=N–C) groups is 1. The zero-order valence-electron chi connectivity index (χ0n) is 12.1. The maximum absolute atomic E-state index is 9.11. The highest BCUT2D eigenvalue weighted by Crippen LogP contribution is 2.29. The predicted molar refractivity (Wildman–Crippen MR) is 78.1 cm³/mol. The molecule has 3 unspecified atom stereocenters. The van der Waals surface area contributed by atoms with Gasteiger partial charge in [0.05, 0.1) is 30.2 Å². The van der Waals surface area contributed by atoms with Crippen LogP contribution in [0.2, 0.25) is 0 Å². The Morgan fingerprint density at radius 2 is 2.21 bits per heavy atom. The van der Waals surface area contributed by atoms with Crippen LogP contribution in [-0.4, -0.2) is 48.4 Å². The number of ether oxygens (including phenoxy) is 1. The summed E-state index contributed by atoms with van der Waals surface area (Å²) in [7, 11) is 0. The fourth-order valence-electron chi connectivity index (χ4n) is 2.61. The van der Waals surface area contributed by atoms with Crippen molar-refractivity contribution >= 4 is 11.4 Å². The Kier molecular flexibility index (Phi) is 7.20. The molecule has 110 valence electrons. The highest BCUT2D eigenvalue weighted by Gasteiger charge is 2.31. The molecule has 1 aliphatic heterocycles. The number of nitrogens with two attached hydrogens (primary N) is 1. The maximum Gasteiger partial charge on any atom is 0.0810 e. The molecule has 0 amide bonds. The summed E-state index contributed by atoms with van der Waals surface area (Å²) in [4.78, 5) is 4.27. The van der Waals surface area contributed by atoms with Crippen LogP contribution in [0.5, 0.6) is 0 Å². The van der Waals surface area contributed by atoms with Crippen molar-refractivity contribution in [1.29, 1.82) is 5.41 Å². The lowest BCUT2D eigenvalue weighted by molar-refractivity contribution is -0.0137. The molecule has 4 N–H and O–H groups in total. The molecule has 0 bridgehead atoms. The lowest BCUT2D eigenvalue weighted by Crippen LogP contribution is -2.30. The van der Waals surface area contributed by atoms with E-state index in [-0.39, 0.29) is 18.8 Å². The number of rotatable bonds is 8. The van der Waals surface area contributed by atoms with Gasteiger partial charge in [0.25, 0.3) is 0 Å². The number of aliphatic hydroxyl groups excluding tert-OH is 1. The molecule has 1 rings (SSSR count). The summed E-state index contributed by atoms with van der Waals surface area (Å²) in [5.41, 5.74) is 6.88. The van der Waals surface area contributed by atoms with E-state index < -0.39 is 0 Å². The van der Waals surface area contributed by atoms with Gasteiger partial charge in [0, 0.05) is 13.1 Å². The Hall–Kier alpha value is -0.780. The second-order valence-corrected chi connectivity index (χ2v) is 5.03. The third-order valence-corrected chi connectivity index (χ3v) is 3.75. The molecule has 1 saturated heterocycles. The fourth-order valence-corrected chi connectivity index (χ4v) is 2.61. The molecule has 0 aromatic rings. The summed E-state index contributed by atoms with van der Waals surface area (Å²) in [5.74, 6) is 0.317. The van der Waals surface area contributed by atoms with Gasteiger partial charge < -0.3 is 21.0 Å². The standard InChI is InChI=1S/C14H27N3O2/c1-3-10(14-6-5-11(9-18)19-14)7-12(16)13(8-15)17-4-2/h10-11,14,16,18H,3-9,15H2,1-2H3. The van der Waals surface area contributed by atoms with Gasteiger partial charge in [0.15, 0.2) is 0 Å². The van der Waals surface area contributed by atoms with E-state index in [0.717, 1.165) is 19.3 Å². The molecule has 0 saturated carbocycles. The van der Waals surface area contributed by atoms with E-state index in [0.29, 0.717) is 36.9 Å². The number of nitrogens with zero attached hydrogens (tertiary/aromatic N) is 1. The van der Waals surface area contributed by atoms with E-state index in [2.05, 4.69) is 11.9 Å². The lowest BCUT2D eigenvalue weighted by atomic mass is 9.90. The van der Waals surface area contributed by atoms with Gasteiger partial charge in [-0.15, -0.1) is 0 Å². The van der Waals surface area contributed by atoms with Crippen molar-refractivity contribution in [1.82, 2.24) is 0 Å². The summed E-state index contributed by atoms with van der Waals surface area (Å²) in [5, 5.41) is 17.2. The Morgan fingerprint density at radius 3 is 2.68 bits per heavy atom. The third-order valence-electron chi connectivity index (χ3n) is 3.75. The van der Waals surface area contributed by atoms with Crippen LogP contribution in [0.25, 0.3) is 0 Å². The first-order valence-corrected chi connectivity index (χ1v) is 7.23. The van der Waals surface area contributed by atoms with Crippen LogP contribution in [-0.2, 0) is 4.74 Å². The van der Waals surface area contributed by atoms with Crippen LogP contribution in [0.1, 0.15) is 39.5 Å². The van der Waals surface area contributed by atoms with Crippen LogP contribution in [0.15, 0.2) is 4.99 Å². The second kappa shape index (κ2) is 8.40. The van der Waals surface area contributed by atoms with E-state index >= 15 is 0 Å². The van der Waals surface area contributed by atoms with E-state index in [1.54, 1.807) is 0 Å². The largest absolute Gasteiger partial charge is 0.394 e. The fraction of sp³-hybridized carbons (Fsp3) is 0.857. The van der Waals surface area contributed by atoms with E-state index in [1.807, 2.05) is 6.92 Å². The van der Waals surface area contributed by atoms with Crippen LogP contribution < -0.4 is 5.73 Å². The Balaban J connectivity index is 2.57. The SMILES string of the molecule is CCN=C(CN)C(=N)CC(CC)C1CCC(CO)O1. The van der Waals surface area contributed by atoms with Crippen LogP contribution in [0, 0.1) is 11.3 Å². The normalized spacial score (nSPS) is 25.6. The van der Waals surface area contributed by atoms with Crippen molar-refractivity contribution in [2.75, 3.05) is 19.7 Å². The minimum absolute atomic E-state index is 0.0217. The summed E-state index contributed by atoms with van der Waals surface area (Å²) in [6.45, 7) is 5.15. The molecule has 5 nitrogen and oxygen atoms in total. The topological polar surface area (TPSA) is 91.7 Å². The van der Waals surface area contributed by atoms with Gasteiger partial charge >= 0.3 is 0 Å². The maximum atomic E-state index is 9.11. The van der Waals surface area contributed by atoms with Crippen LogP contribution >= 0.6 is 0 Å². The van der Waals surface area contributed by atoms with Crippen LogP contribution in [0.4, 0.5) is 0 Å². The Labute approximate surface area is 115 Å². The predicted octanol–water partition coefficient (Wildman–Crippen LogP) is 1.38. The highest BCUT2D eigenvalue weighted by molar-refractivity contribution is 6.42. The average molecular weight is 269 g/mol. The number of nitrogens with one attached hydrogen (secondary N) is 1. The summed E-state index contributed by atoms with van der Waals surface area (Å²) in [6, 6.07) is 0. The van der Waals surface area contributed by atoms with Gasteiger partial charge in [0.1, 0.15) is 0 Å². The van der Waals surface area contributed by atoms with Crippen molar-refractivity contribution < 1.29 is 9.84 Å². The van der Waals surface area contributed by atoms with E-state index in [4.69, 9.17) is 21.0 Å². The number of hydrogen-bond acceptors (Lipinski definition) is 5. The third kappa shape index (κ3) is 4.67. The highest BCUT2D eigenvalue weighted by atomic mass is 16.5. The van der Waals surface area contributed by atoms with Crippen molar-refractivity contribution in [3.05, 3.63) is 0 Å². The van der Waals surface area contributed by atoms with Crippen molar-refractivity contribution in [2.45, 2.75) is 51.7 Å². The molecule has 19 heavy (non-hydrogen) atoms. The number of aliphatic hydroxyl groups is 1. The lowest BCUT2D eigenvalue weighted by Gasteiger charge is -2.23. The van der Waals surface area contributed by atoms with Gasteiger partial charge in [-0.05, 0) is 32.1 Å². The zero-order valence-corrected chi connectivity index (χ0v) is 12.1. The van der Waals surface area contributed by atoms with Gasteiger partial charge in [0.2, 0.25) is 0 Å². The summed E-state index contributed by atoms with van der Waals surface area (Å²) < 4.78 is 5.82. The monoisotopic (exact) mass is 269 g/mol. The average Bonchev–Trinajstić information content (AvgIpc) is 2.90. The molecule has 0 aromatic heterocycles. The molecule has 1 heterocycles. The molecular formula is C14H27N3O2. The minimum atomic E-state index is -0.0217. The number of hydrogen-bond donors (Lipinski definition) is 3. The molecule has 1 fully saturated rings. The first kappa shape index (κ1) is 16.3. The Bertz CT molecular complexity index is 318. The quantitative estimate of drug-likeness (QED) is 0.581. The second-order valence-electron chi connectivity index (χ2n) is 5.03. The van der Waals surface area contributed by atoms with E-state index in [1.165, 1.54) is 0 Å². The first-order chi connectivity index (χ1) is 9.15. The first-order valence-electron chi connectivity index (χ1n) is 7.23. The molecule has 0 radical (unpaired) electrons. The van der Waals surface area contributed by atoms with Crippen molar-refractivity contribution in [3.63, 3.8) is 0 Å². The molecule has 0 spiro atoms. The summed E-state index contributed by atoms with van der Waals surface area (Å²) >= 11 is 0. The van der Waals surface area contributed by atoms with Gasteiger partial charge in [-0.2, -0.15) is 0 Å². The van der Waals surface area contributed by atoms with E-state index in [9.17, 15) is 0 Å². The molecule has 0 aromatic carbocycles. The van der Waals surface area contributed by atoms with Crippen LogP contribution in [0.3, 0.4) is 0 Å². The van der Waals surface area contributed by atoms with Crippen molar-refractivity contribution in [2.24, 2.45) is 16.6 Å².